The van der Waals surface area contributed by atoms with Gasteiger partial charge < -0.3 is 15.5 Å². The number of carbonyl (C=O) groups excluding carboxylic acids is 1. The van der Waals surface area contributed by atoms with Crippen molar-refractivity contribution in [2.45, 2.75) is 45.7 Å². The molecule has 0 bridgehead atoms. The van der Waals surface area contributed by atoms with Crippen LogP contribution in [0.3, 0.4) is 0 Å². The maximum atomic E-state index is 12.1. The number of hydrogen-bond acceptors (Lipinski definition) is 3. The Morgan fingerprint density at radius 3 is 2.71 bits per heavy atom. The van der Waals surface area contributed by atoms with Crippen LogP contribution in [0.1, 0.15) is 33.6 Å². The Morgan fingerprint density at radius 1 is 1.53 bits per heavy atom. The summed E-state index contributed by atoms with van der Waals surface area (Å²) in [4.78, 5) is 14.3. The standard InChI is InChI=1S/C13H27N3O/c1-10(16(4)5)9-15-12(17)11-13(2,3)7-6-8-14-11/h10-11,14H,6-9H2,1-5H3,(H,15,17). The number of hydrogen-bond donors (Lipinski definition) is 2. The first-order valence-corrected chi connectivity index (χ1v) is 6.52. The molecule has 100 valence electrons. The summed E-state index contributed by atoms with van der Waals surface area (Å²) in [7, 11) is 4.05. The van der Waals surface area contributed by atoms with Crippen LogP contribution in [0.4, 0.5) is 0 Å². The molecule has 0 aliphatic carbocycles. The summed E-state index contributed by atoms with van der Waals surface area (Å²) in [6.45, 7) is 8.10. The highest BCUT2D eigenvalue weighted by Gasteiger charge is 2.36. The fraction of sp³-hybridized carbons (Fsp3) is 0.923. The molecule has 0 spiro atoms. The Balaban J connectivity index is 2.46. The number of piperidine rings is 1. The van der Waals surface area contributed by atoms with E-state index in [9.17, 15) is 4.79 Å². The minimum atomic E-state index is -0.0504. The second-order valence-electron chi connectivity index (χ2n) is 6.04. The van der Waals surface area contributed by atoms with Crippen molar-refractivity contribution in [2.75, 3.05) is 27.2 Å². The van der Waals surface area contributed by atoms with Gasteiger partial charge in [-0.3, -0.25) is 4.79 Å². The highest BCUT2D eigenvalue weighted by molar-refractivity contribution is 5.82. The highest BCUT2D eigenvalue weighted by Crippen LogP contribution is 2.29. The van der Waals surface area contributed by atoms with Crippen LogP contribution in [0.25, 0.3) is 0 Å². The van der Waals surface area contributed by atoms with Gasteiger partial charge in [0.15, 0.2) is 0 Å². The van der Waals surface area contributed by atoms with Crippen LogP contribution < -0.4 is 10.6 Å². The number of rotatable bonds is 4. The molecular formula is C13H27N3O. The zero-order valence-electron chi connectivity index (χ0n) is 11.8. The van der Waals surface area contributed by atoms with Crippen molar-refractivity contribution >= 4 is 5.91 Å². The van der Waals surface area contributed by atoms with Crippen LogP contribution in [-0.2, 0) is 4.79 Å². The van der Waals surface area contributed by atoms with Crippen molar-refractivity contribution in [2.24, 2.45) is 5.41 Å². The molecule has 0 radical (unpaired) electrons. The van der Waals surface area contributed by atoms with Gasteiger partial charge in [0.05, 0.1) is 6.04 Å². The van der Waals surface area contributed by atoms with Gasteiger partial charge in [0.1, 0.15) is 0 Å². The molecule has 0 aromatic carbocycles. The van der Waals surface area contributed by atoms with Crippen molar-refractivity contribution in [3.63, 3.8) is 0 Å². The molecule has 1 fully saturated rings. The van der Waals surface area contributed by atoms with E-state index >= 15 is 0 Å². The molecule has 2 unspecified atom stereocenters. The molecule has 1 heterocycles. The number of carbonyl (C=O) groups is 1. The lowest BCUT2D eigenvalue weighted by molar-refractivity contribution is -0.127. The molecule has 4 heteroatoms. The zero-order valence-corrected chi connectivity index (χ0v) is 11.8. The summed E-state index contributed by atoms with van der Waals surface area (Å²) in [6, 6.07) is 0.316. The summed E-state index contributed by atoms with van der Waals surface area (Å²) in [6.07, 6.45) is 2.27. The Kier molecular flexibility index (Phi) is 4.95. The maximum absolute atomic E-state index is 12.1. The van der Waals surface area contributed by atoms with Gasteiger partial charge in [-0.2, -0.15) is 0 Å². The molecule has 2 N–H and O–H groups in total. The van der Waals surface area contributed by atoms with Crippen LogP contribution in [0, 0.1) is 5.41 Å². The smallest absolute Gasteiger partial charge is 0.237 e. The second kappa shape index (κ2) is 5.83. The Bertz CT molecular complexity index is 263. The number of nitrogens with zero attached hydrogens (tertiary/aromatic N) is 1. The fourth-order valence-electron chi connectivity index (χ4n) is 2.19. The van der Waals surface area contributed by atoms with Gasteiger partial charge in [-0.25, -0.2) is 0 Å². The average Bonchev–Trinajstić information content (AvgIpc) is 2.24. The number of amides is 1. The van der Waals surface area contributed by atoms with Crippen molar-refractivity contribution < 1.29 is 4.79 Å². The summed E-state index contributed by atoms with van der Waals surface area (Å²) in [5.41, 5.74) is 0.0592. The highest BCUT2D eigenvalue weighted by atomic mass is 16.2. The summed E-state index contributed by atoms with van der Waals surface area (Å²) in [5, 5.41) is 6.38. The number of nitrogens with one attached hydrogen (secondary N) is 2. The van der Waals surface area contributed by atoms with E-state index in [4.69, 9.17) is 0 Å². The van der Waals surface area contributed by atoms with Gasteiger partial charge in [0, 0.05) is 12.6 Å². The molecule has 4 nitrogen and oxygen atoms in total. The first kappa shape index (κ1) is 14.5. The number of likely N-dealkylation sites (N-methyl/N-ethyl adjacent to an activating group) is 1. The second-order valence-corrected chi connectivity index (χ2v) is 6.04. The van der Waals surface area contributed by atoms with E-state index in [1.54, 1.807) is 0 Å². The van der Waals surface area contributed by atoms with Crippen molar-refractivity contribution in [1.29, 1.82) is 0 Å². The topological polar surface area (TPSA) is 44.4 Å². The van der Waals surface area contributed by atoms with E-state index in [0.717, 1.165) is 19.4 Å². The van der Waals surface area contributed by atoms with Crippen LogP contribution in [-0.4, -0.2) is 50.1 Å². The van der Waals surface area contributed by atoms with E-state index in [0.29, 0.717) is 12.6 Å². The molecular weight excluding hydrogens is 214 g/mol. The summed E-state index contributed by atoms with van der Waals surface area (Å²) < 4.78 is 0. The van der Waals surface area contributed by atoms with Gasteiger partial charge in [-0.1, -0.05) is 13.8 Å². The third-order valence-electron chi connectivity index (χ3n) is 3.84. The summed E-state index contributed by atoms with van der Waals surface area (Å²) in [5.74, 6) is 0.142. The fourth-order valence-corrected chi connectivity index (χ4v) is 2.19. The lowest BCUT2D eigenvalue weighted by Crippen LogP contribution is -2.56. The monoisotopic (exact) mass is 241 g/mol. The SMILES string of the molecule is CC(CNC(=O)C1NCCCC1(C)C)N(C)C. The molecule has 1 aliphatic rings. The third kappa shape index (κ3) is 3.96. The molecule has 0 aromatic heterocycles. The largest absolute Gasteiger partial charge is 0.353 e. The molecule has 1 amide bonds. The van der Waals surface area contributed by atoms with E-state index < -0.39 is 0 Å². The maximum Gasteiger partial charge on any atom is 0.237 e. The van der Waals surface area contributed by atoms with E-state index in [1.807, 2.05) is 14.1 Å². The van der Waals surface area contributed by atoms with Gasteiger partial charge in [0.2, 0.25) is 5.91 Å². The quantitative estimate of drug-likeness (QED) is 0.766. The minimum absolute atomic E-state index is 0.0504. The van der Waals surface area contributed by atoms with Crippen LogP contribution in [0.2, 0.25) is 0 Å². The Labute approximate surface area is 105 Å². The van der Waals surface area contributed by atoms with Crippen LogP contribution >= 0.6 is 0 Å². The molecule has 0 saturated carbocycles. The van der Waals surface area contributed by atoms with E-state index in [2.05, 4.69) is 36.3 Å². The zero-order chi connectivity index (χ0) is 13.1. The molecule has 17 heavy (non-hydrogen) atoms. The van der Waals surface area contributed by atoms with Crippen molar-refractivity contribution in [3.05, 3.63) is 0 Å². The van der Waals surface area contributed by atoms with Crippen molar-refractivity contribution in [1.82, 2.24) is 15.5 Å². The molecule has 1 saturated heterocycles. The van der Waals surface area contributed by atoms with Crippen LogP contribution in [0.5, 0.6) is 0 Å². The average molecular weight is 241 g/mol. The van der Waals surface area contributed by atoms with E-state index in [-0.39, 0.29) is 17.4 Å². The van der Waals surface area contributed by atoms with Gasteiger partial charge in [-0.05, 0) is 45.8 Å². The van der Waals surface area contributed by atoms with Crippen LogP contribution in [0.15, 0.2) is 0 Å². The molecule has 1 aliphatic heterocycles. The minimum Gasteiger partial charge on any atom is -0.353 e. The summed E-state index contributed by atoms with van der Waals surface area (Å²) >= 11 is 0. The first-order valence-electron chi connectivity index (χ1n) is 6.52. The lowest BCUT2D eigenvalue weighted by Gasteiger charge is -2.38. The van der Waals surface area contributed by atoms with Gasteiger partial charge in [0.25, 0.3) is 0 Å². The van der Waals surface area contributed by atoms with Gasteiger partial charge >= 0.3 is 0 Å². The predicted molar refractivity (Wildman–Crippen MR) is 71.0 cm³/mol. The van der Waals surface area contributed by atoms with E-state index in [1.165, 1.54) is 0 Å². The third-order valence-corrected chi connectivity index (χ3v) is 3.84. The predicted octanol–water partition coefficient (Wildman–Crippen LogP) is 0.831. The first-order chi connectivity index (χ1) is 7.84. The molecule has 0 aromatic rings. The Morgan fingerprint density at radius 2 is 2.18 bits per heavy atom. The molecule has 1 rings (SSSR count). The normalized spacial score (nSPS) is 25.6. The molecule has 2 atom stereocenters. The lowest BCUT2D eigenvalue weighted by atomic mass is 9.77. The van der Waals surface area contributed by atoms with Crippen molar-refractivity contribution in [3.8, 4) is 0 Å². The van der Waals surface area contributed by atoms with Gasteiger partial charge in [-0.15, -0.1) is 0 Å². The Hall–Kier alpha value is -0.610.